The molecule has 0 saturated heterocycles. The number of aryl methyl sites for hydroxylation is 2. The molecule has 23 heavy (non-hydrogen) atoms. The van der Waals surface area contributed by atoms with Crippen LogP contribution in [0.15, 0.2) is 53.7 Å². The number of aromatic nitrogens is 3. The summed E-state index contributed by atoms with van der Waals surface area (Å²) >= 11 is 1.75. The van der Waals surface area contributed by atoms with Crippen molar-refractivity contribution in [2.24, 2.45) is 0 Å². The molecule has 1 aromatic heterocycles. The van der Waals surface area contributed by atoms with Crippen LogP contribution in [0.5, 0.6) is 0 Å². The zero-order valence-electron chi connectivity index (χ0n) is 13.8. The predicted octanol–water partition coefficient (Wildman–Crippen LogP) is 4.87. The molecule has 0 radical (unpaired) electrons. The standard InChI is InChI=1S/C19H21N3S/c1-4-22-18(16-11-9-14(2)10-12-16)20-21-19(22)23-13-17-8-6-5-7-15(17)3/h5-12H,4,13H2,1-3H3. The summed E-state index contributed by atoms with van der Waals surface area (Å²) in [6.07, 6.45) is 0. The van der Waals surface area contributed by atoms with Crippen LogP contribution < -0.4 is 0 Å². The van der Waals surface area contributed by atoms with Crippen molar-refractivity contribution < 1.29 is 0 Å². The van der Waals surface area contributed by atoms with Crippen LogP contribution in [0.2, 0.25) is 0 Å². The Kier molecular flexibility index (Phi) is 4.82. The second kappa shape index (κ2) is 7.01. The van der Waals surface area contributed by atoms with Gasteiger partial charge in [-0.3, -0.25) is 0 Å². The van der Waals surface area contributed by atoms with Gasteiger partial charge in [0, 0.05) is 17.9 Å². The van der Waals surface area contributed by atoms with Crippen molar-refractivity contribution in [3.05, 3.63) is 65.2 Å². The molecule has 118 valence electrons. The third-order valence-electron chi connectivity index (χ3n) is 3.96. The summed E-state index contributed by atoms with van der Waals surface area (Å²) in [4.78, 5) is 0. The fraction of sp³-hybridized carbons (Fsp3) is 0.263. The topological polar surface area (TPSA) is 30.7 Å². The van der Waals surface area contributed by atoms with Gasteiger partial charge in [-0.1, -0.05) is 65.9 Å². The molecule has 0 aliphatic heterocycles. The van der Waals surface area contributed by atoms with Gasteiger partial charge >= 0.3 is 0 Å². The Morgan fingerprint density at radius 3 is 2.39 bits per heavy atom. The number of benzene rings is 2. The summed E-state index contributed by atoms with van der Waals surface area (Å²) in [5.41, 5.74) is 5.04. The van der Waals surface area contributed by atoms with Gasteiger partial charge in [0.2, 0.25) is 0 Å². The molecule has 1 heterocycles. The average molecular weight is 323 g/mol. The maximum absolute atomic E-state index is 4.41. The van der Waals surface area contributed by atoms with Gasteiger partial charge in [0.05, 0.1) is 0 Å². The Morgan fingerprint density at radius 2 is 1.70 bits per heavy atom. The quantitative estimate of drug-likeness (QED) is 0.627. The minimum atomic E-state index is 0.867. The maximum Gasteiger partial charge on any atom is 0.191 e. The largest absolute Gasteiger partial charge is 0.302 e. The fourth-order valence-electron chi connectivity index (χ4n) is 2.51. The smallest absolute Gasteiger partial charge is 0.191 e. The van der Waals surface area contributed by atoms with E-state index in [0.717, 1.165) is 28.8 Å². The van der Waals surface area contributed by atoms with Gasteiger partial charge in [-0.25, -0.2) is 0 Å². The first-order valence-electron chi connectivity index (χ1n) is 7.86. The SMILES string of the molecule is CCn1c(SCc2ccccc2C)nnc1-c1ccc(C)cc1. The lowest BCUT2D eigenvalue weighted by atomic mass is 10.1. The summed E-state index contributed by atoms with van der Waals surface area (Å²) in [7, 11) is 0. The van der Waals surface area contributed by atoms with Gasteiger partial charge in [0.1, 0.15) is 0 Å². The number of hydrogen-bond acceptors (Lipinski definition) is 3. The van der Waals surface area contributed by atoms with Crippen LogP contribution >= 0.6 is 11.8 Å². The fourth-order valence-corrected chi connectivity index (χ4v) is 3.59. The molecule has 0 saturated carbocycles. The summed E-state index contributed by atoms with van der Waals surface area (Å²) in [5, 5.41) is 9.80. The van der Waals surface area contributed by atoms with Crippen LogP contribution in [0.4, 0.5) is 0 Å². The molecule has 3 nitrogen and oxygen atoms in total. The van der Waals surface area contributed by atoms with Crippen LogP contribution in [-0.2, 0) is 12.3 Å². The van der Waals surface area contributed by atoms with E-state index in [-0.39, 0.29) is 0 Å². The highest BCUT2D eigenvalue weighted by Gasteiger charge is 2.13. The molecule has 0 unspecified atom stereocenters. The lowest BCUT2D eigenvalue weighted by Gasteiger charge is -2.08. The summed E-state index contributed by atoms with van der Waals surface area (Å²) in [6.45, 7) is 7.25. The Morgan fingerprint density at radius 1 is 0.957 bits per heavy atom. The van der Waals surface area contributed by atoms with Gasteiger partial charge < -0.3 is 4.57 Å². The van der Waals surface area contributed by atoms with E-state index in [9.17, 15) is 0 Å². The van der Waals surface area contributed by atoms with E-state index in [1.807, 2.05) is 0 Å². The summed E-state index contributed by atoms with van der Waals surface area (Å²) in [6, 6.07) is 16.9. The molecule has 0 bridgehead atoms. The molecule has 0 spiro atoms. The van der Waals surface area contributed by atoms with Crippen molar-refractivity contribution in [3.63, 3.8) is 0 Å². The lowest BCUT2D eigenvalue weighted by molar-refractivity contribution is 0.687. The van der Waals surface area contributed by atoms with E-state index in [0.29, 0.717) is 0 Å². The van der Waals surface area contributed by atoms with E-state index in [2.05, 4.69) is 84.1 Å². The first-order chi connectivity index (χ1) is 11.2. The molecule has 0 aliphatic rings. The Balaban J connectivity index is 1.84. The number of hydrogen-bond donors (Lipinski definition) is 0. The lowest BCUT2D eigenvalue weighted by Crippen LogP contribution is -2.00. The highest BCUT2D eigenvalue weighted by molar-refractivity contribution is 7.98. The highest BCUT2D eigenvalue weighted by atomic mass is 32.2. The molecule has 0 atom stereocenters. The Labute approximate surface area is 141 Å². The van der Waals surface area contributed by atoms with Crippen molar-refractivity contribution in [2.75, 3.05) is 0 Å². The van der Waals surface area contributed by atoms with E-state index < -0.39 is 0 Å². The van der Waals surface area contributed by atoms with Crippen molar-refractivity contribution in [1.29, 1.82) is 0 Å². The zero-order valence-corrected chi connectivity index (χ0v) is 14.6. The highest BCUT2D eigenvalue weighted by Crippen LogP contribution is 2.27. The second-order valence-electron chi connectivity index (χ2n) is 5.63. The normalized spacial score (nSPS) is 10.9. The monoisotopic (exact) mass is 323 g/mol. The molecule has 0 aliphatic carbocycles. The molecular formula is C19H21N3S. The third kappa shape index (κ3) is 3.48. The molecule has 4 heteroatoms. The number of nitrogens with zero attached hydrogens (tertiary/aromatic N) is 3. The maximum atomic E-state index is 4.41. The minimum Gasteiger partial charge on any atom is -0.302 e. The van der Waals surface area contributed by atoms with Crippen LogP contribution in [0, 0.1) is 13.8 Å². The molecule has 0 fully saturated rings. The minimum absolute atomic E-state index is 0.867. The molecule has 0 N–H and O–H groups in total. The van der Waals surface area contributed by atoms with Crippen molar-refractivity contribution in [3.8, 4) is 11.4 Å². The van der Waals surface area contributed by atoms with Crippen LogP contribution in [0.1, 0.15) is 23.6 Å². The van der Waals surface area contributed by atoms with E-state index in [4.69, 9.17) is 0 Å². The summed E-state index contributed by atoms with van der Waals surface area (Å²) in [5.74, 6) is 1.86. The van der Waals surface area contributed by atoms with Gasteiger partial charge in [0.25, 0.3) is 0 Å². The average Bonchev–Trinajstić information content (AvgIpc) is 2.97. The molecule has 0 amide bonds. The van der Waals surface area contributed by atoms with Gasteiger partial charge in [-0.15, -0.1) is 10.2 Å². The van der Waals surface area contributed by atoms with Crippen molar-refractivity contribution in [1.82, 2.24) is 14.8 Å². The van der Waals surface area contributed by atoms with Crippen LogP contribution in [0.3, 0.4) is 0 Å². The number of thioether (sulfide) groups is 1. The Hall–Kier alpha value is -2.07. The van der Waals surface area contributed by atoms with E-state index in [1.165, 1.54) is 16.7 Å². The predicted molar refractivity (Wildman–Crippen MR) is 96.6 cm³/mol. The van der Waals surface area contributed by atoms with Crippen molar-refractivity contribution in [2.45, 2.75) is 38.2 Å². The van der Waals surface area contributed by atoms with Crippen LogP contribution in [0.25, 0.3) is 11.4 Å². The van der Waals surface area contributed by atoms with Crippen molar-refractivity contribution >= 4 is 11.8 Å². The summed E-state index contributed by atoms with van der Waals surface area (Å²) < 4.78 is 2.19. The molecule has 3 aromatic rings. The first kappa shape index (κ1) is 15.8. The molecule has 2 aromatic carbocycles. The Bertz CT molecular complexity index is 791. The van der Waals surface area contributed by atoms with Gasteiger partial charge in [-0.2, -0.15) is 0 Å². The molecule has 3 rings (SSSR count). The second-order valence-corrected chi connectivity index (χ2v) is 6.57. The molecular weight excluding hydrogens is 302 g/mol. The first-order valence-corrected chi connectivity index (χ1v) is 8.85. The van der Waals surface area contributed by atoms with Gasteiger partial charge in [0.15, 0.2) is 11.0 Å². The van der Waals surface area contributed by atoms with Gasteiger partial charge in [-0.05, 0) is 31.9 Å². The zero-order chi connectivity index (χ0) is 16.2. The number of rotatable bonds is 5. The third-order valence-corrected chi connectivity index (χ3v) is 4.98. The van der Waals surface area contributed by atoms with E-state index in [1.54, 1.807) is 11.8 Å². The van der Waals surface area contributed by atoms with E-state index >= 15 is 0 Å². The van der Waals surface area contributed by atoms with Crippen LogP contribution in [-0.4, -0.2) is 14.8 Å².